The van der Waals surface area contributed by atoms with Gasteiger partial charge in [-0.05, 0) is 29.3 Å². The van der Waals surface area contributed by atoms with Crippen LogP contribution in [0.25, 0.3) is 0 Å². The van der Waals surface area contributed by atoms with Gasteiger partial charge in [-0.15, -0.1) is 11.7 Å². The lowest BCUT2D eigenvalue weighted by molar-refractivity contribution is -0.124. The number of thiocarbonyl (C=S) groups is 1. The number of ether oxygens (including phenoxy) is 1. The lowest BCUT2D eigenvalue weighted by Crippen LogP contribution is -2.73. The molecule has 1 fully saturated rings. The molecule has 0 saturated carbocycles. The van der Waals surface area contributed by atoms with Crippen molar-refractivity contribution in [1.82, 2.24) is 25.1 Å². The Labute approximate surface area is 175 Å². The third-order valence-electron chi connectivity index (χ3n) is 5.56. The van der Waals surface area contributed by atoms with Crippen LogP contribution < -0.4 is 0 Å². The van der Waals surface area contributed by atoms with Crippen LogP contribution in [0.4, 0.5) is 0 Å². The third kappa shape index (κ3) is 2.67. The SMILES string of the molecule is C=CCC1(c2nnnn2C)C(C)=C(C(=O)C(C)(C)C)N2C(=S)[C@H](OC)[C@H]2S1(=O)=O. The number of sulfone groups is 1. The highest BCUT2D eigenvalue weighted by molar-refractivity contribution is 7.93. The van der Waals surface area contributed by atoms with E-state index in [1.807, 2.05) is 0 Å². The number of carbonyl (C=O) groups excluding carboxylic acids is 1. The number of rotatable bonds is 5. The molecule has 0 radical (unpaired) electrons. The molecule has 29 heavy (non-hydrogen) atoms. The van der Waals surface area contributed by atoms with Crippen LogP contribution in [0.1, 0.15) is 39.9 Å². The largest absolute Gasteiger partial charge is 0.371 e. The van der Waals surface area contributed by atoms with Crippen LogP contribution in [-0.2, 0) is 31.2 Å². The topological polar surface area (TPSA) is 107 Å². The summed E-state index contributed by atoms with van der Waals surface area (Å²) in [5, 5.41) is 10.4. The Morgan fingerprint density at radius 1 is 1.41 bits per heavy atom. The molecule has 158 valence electrons. The molecule has 0 aromatic carbocycles. The van der Waals surface area contributed by atoms with E-state index in [-0.39, 0.29) is 28.7 Å². The van der Waals surface area contributed by atoms with Crippen LogP contribution in [-0.4, -0.2) is 62.9 Å². The lowest BCUT2D eigenvalue weighted by atomic mass is 9.82. The molecule has 1 saturated heterocycles. The van der Waals surface area contributed by atoms with Crippen LogP contribution >= 0.6 is 12.2 Å². The zero-order valence-electron chi connectivity index (χ0n) is 17.3. The van der Waals surface area contributed by atoms with E-state index in [9.17, 15) is 13.2 Å². The second-order valence-electron chi connectivity index (χ2n) is 8.30. The quantitative estimate of drug-likeness (QED) is 0.495. The van der Waals surface area contributed by atoms with Gasteiger partial charge in [0.25, 0.3) is 0 Å². The van der Waals surface area contributed by atoms with Crippen molar-refractivity contribution in [3.63, 3.8) is 0 Å². The monoisotopic (exact) mass is 439 g/mol. The molecule has 3 rings (SSSR count). The van der Waals surface area contributed by atoms with Gasteiger partial charge in [0.15, 0.2) is 31.6 Å². The second kappa shape index (κ2) is 6.78. The Hall–Kier alpha value is -1.98. The highest BCUT2D eigenvalue weighted by atomic mass is 32.2. The third-order valence-corrected chi connectivity index (χ3v) is 8.71. The fourth-order valence-electron chi connectivity index (χ4n) is 4.05. The number of hydrogen-bond donors (Lipinski definition) is 0. The fourth-order valence-corrected chi connectivity index (χ4v) is 7.41. The van der Waals surface area contributed by atoms with E-state index in [0.717, 1.165) is 0 Å². The second-order valence-corrected chi connectivity index (χ2v) is 11.0. The lowest BCUT2D eigenvalue weighted by Gasteiger charge is -2.56. The normalized spacial score (nSPS) is 28.8. The maximum Gasteiger partial charge on any atom is 0.192 e. The summed E-state index contributed by atoms with van der Waals surface area (Å²) in [4.78, 5) is 15.1. The van der Waals surface area contributed by atoms with E-state index in [2.05, 4.69) is 22.1 Å². The Balaban J connectivity index is 2.46. The van der Waals surface area contributed by atoms with Crippen molar-refractivity contribution in [2.45, 2.75) is 50.3 Å². The smallest absolute Gasteiger partial charge is 0.192 e. The first-order chi connectivity index (χ1) is 13.4. The van der Waals surface area contributed by atoms with Gasteiger partial charge in [0.05, 0.1) is 5.70 Å². The van der Waals surface area contributed by atoms with Crippen molar-refractivity contribution in [2.24, 2.45) is 12.5 Å². The van der Waals surface area contributed by atoms with Crippen molar-refractivity contribution >= 4 is 32.8 Å². The molecular weight excluding hydrogens is 414 g/mol. The summed E-state index contributed by atoms with van der Waals surface area (Å²) in [6, 6.07) is 0. The molecule has 11 heteroatoms. The highest BCUT2D eigenvalue weighted by Gasteiger charge is 2.68. The van der Waals surface area contributed by atoms with Crippen molar-refractivity contribution in [3.05, 3.63) is 29.7 Å². The molecule has 0 bridgehead atoms. The summed E-state index contributed by atoms with van der Waals surface area (Å²) in [5.41, 5.74) is -0.155. The number of carbonyl (C=O) groups is 1. The van der Waals surface area contributed by atoms with Gasteiger partial charge >= 0.3 is 0 Å². The van der Waals surface area contributed by atoms with Crippen molar-refractivity contribution in [3.8, 4) is 0 Å². The molecule has 3 atom stereocenters. The average Bonchev–Trinajstić information content (AvgIpc) is 3.04. The van der Waals surface area contributed by atoms with Crippen molar-refractivity contribution in [1.29, 1.82) is 0 Å². The zero-order valence-corrected chi connectivity index (χ0v) is 19.0. The number of Topliss-reactive ketones (excluding diaryl/α,β-unsaturated/α-hetero) is 1. The van der Waals surface area contributed by atoms with E-state index < -0.39 is 31.5 Å². The Kier molecular flexibility index (Phi) is 5.08. The average molecular weight is 440 g/mol. The van der Waals surface area contributed by atoms with Gasteiger partial charge in [0.1, 0.15) is 11.1 Å². The van der Waals surface area contributed by atoms with Gasteiger partial charge in [0, 0.05) is 19.6 Å². The van der Waals surface area contributed by atoms with Gasteiger partial charge in [-0.3, -0.25) is 4.79 Å². The number of hydrogen-bond acceptors (Lipinski definition) is 8. The molecule has 0 N–H and O–H groups in total. The molecule has 9 nitrogen and oxygen atoms in total. The number of ketones is 1. The Bertz CT molecular complexity index is 1040. The number of fused-ring (bicyclic) bond motifs is 1. The fraction of sp³-hybridized carbons (Fsp3) is 0.611. The summed E-state index contributed by atoms with van der Waals surface area (Å²) in [6.45, 7) is 10.7. The standard InChI is InChI=1S/C18H25N5O4S2/c1-8-9-18(16-19-20-21-22(16)6)10(2)11(13(24)17(3,4)5)23-14(28)12(27-7)15(23)29(18,25)26/h8,12,15H,1,9H2,2-7H3/t12-,15+,18?/m0/s1. The molecule has 0 spiro atoms. The van der Waals surface area contributed by atoms with E-state index in [0.29, 0.717) is 5.57 Å². The first-order valence-electron chi connectivity index (χ1n) is 9.07. The summed E-state index contributed by atoms with van der Waals surface area (Å²) >= 11 is 5.43. The van der Waals surface area contributed by atoms with Gasteiger partial charge in [-0.25, -0.2) is 13.1 Å². The molecule has 2 aliphatic heterocycles. The summed E-state index contributed by atoms with van der Waals surface area (Å²) in [5.74, 6) is -0.0863. The predicted octanol–water partition coefficient (Wildman–Crippen LogP) is 1.28. The van der Waals surface area contributed by atoms with E-state index in [1.165, 1.54) is 22.8 Å². The number of methoxy groups -OCH3 is 1. The Morgan fingerprint density at radius 3 is 2.48 bits per heavy atom. The van der Waals surface area contributed by atoms with E-state index in [1.54, 1.807) is 34.7 Å². The predicted molar refractivity (Wildman–Crippen MR) is 110 cm³/mol. The number of aromatic nitrogens is 4. The van der Waals surface area contributed by atoms with Gasteiger partial charge in [0.2, 0.25) is 0 Å². The van der Waals surface area contributed by atoms with Crippen LogP contribution in [0.15, 0.2) is 23.9 Å². The number of tetrazole rings is 1. The summed E-state index contributed by atoms with van der Waals surface area (Å²) < 4.78 is 33.0. The van der Waals surface area contributed by atoms with E-state index >= 15 is 0 Å². The van der Waals surface area contributed by atoms with Crippen molar-refractivity contribution in [2.75, 3.05) is 7.11 Å². The maximum absolute atomic E-state index is 14.0. The van der Waals surface area contributed by atoms with Gasteiger partial charge in [-0.2, -0.15) is 0 Å². The molecule has 3 heterocycles. The zero-order chi connectivity index (χ0) is 21.9. The van der Waals surface area contributed by atoms with Crippen LogP contribution in [0.2, 0.25) is 0 Å². The minimum absolute atomic E-state index is 0.00381. The minimum Gasteiger partial charge on any atom is -0.371 e. The molecule has 2 aliphatic rings. The molecule has 0 aliphatic carbocycles. The van der Waals surface area contributed by atoms with Gasteiger partial charge in [-0.1, -0.05) is 39.1 Å². The summed E-state index contributed by atoms with van der Waals surface area (Å²) in [7, 11) is -1.05. The highest BCUT2D eigenvalue weighted by Crippen LogP contribution is 2.53. The Morgan fingerprint density at radius 2 is 2.03 bits per heavy atom. The van der Waals surface area contributed by atoms with Crippen LogP contribution in [0, 0.1) is 5.41 Å². The first-order valence-corrected chi connectivity index (χ1v) is 11.0. The molecule has 1 aromatic rings. The molecule has 0 amide bonds. The van der Waals surface area contributed by atoms with Crippen LogP contribution in [0.5, 0.6) is 0 Å². The molecule has 1 unspecified atom stereocenters. The van der Waals surface area contributed by atoms with E-state index in [4.69, 9.17) is 17.0 Å². The number of allylic oxidation sites excluding steroid dienone is 2. The number of nitrogens with zero attached hydrogens (tertiary/aromatic N) is 5. The van der Waals surface area contributed by atoms with Crippen molar-refractivity contribution < 1.29 is 17.9 Å². The van der Waals surface area contributed by atoms with Gasteiger partial charge < -0.3 is 9.64 Å². The van der Waals surface area contributed by atoms with Crippen LogP contribution in [0.3, 0.4) is 0 Å². The maximum atomic E-state index is 14.0. The summed E-state index contributed by atoms with van der Waals surface area (Å²) in [6.07, 6.45) is 0.670. The molecular formula is C18H25N5O4S2. The first kappa shape index (κ1) is 21.7. The number of aryl methyl sites for hydroxylation is 1. The molecule has 1 aromatic heterocycles. The minimum atomic E-state index is -4.02.